The topological polar surface area (TPSA) is 72.9 Å². The van der Waals surface area contributed by atoms with Crippen molar-refractivity contribution in [2.24, 2.45) is 11.8 Å². The summed E-state index contributed by atoms with van der Waals surface area (Å²) in [7, 11) is 0. The lowest BCUT2D eigenvalue weighted by Crippen LogP contribution is -2.48. The van der Waals surface area contributed by atoms with E-state index in [2.05, 4.69) is 37.9 Å². The fraction of sp³-hybridized carbons (Fsp3) is 0.913. The molecule has 1 saturated heterocycles. The van der Waals surface area contributed by atoms with Crippen LogP contribution in [-0.2, 0) is 9.59 Å². The molecule has 0 bridgehead atoms. The Hall–Kier alpha value is -1.14. The largest absolute Gasteiger partial charge is 0.481 e. The van der Waals surface area contributed by atoms with Gasteiger partial charge in [-0.2, -0.15) is 0 Å². The van der Waals surface area contributed by atoms with Gasteiger partial charge in [-0.05, 0) is 76.5 Å². The van der Waals surface area contributed by atoms with Crippen LogP contribution in [0.15, 0.2) is 0 Å². The van der Waals surface area contributed by atoms with Crippen LogP contribution in [0.5, 0.6) is 0 Å². The van der Waals surface area contributed by atoms with Gasteiger partial charge in [-0.25, -0.2) is 0 Å². The molecule has 1 aliphatic heterocycles. The first-order valence-corrected chi connectivity index (χ1v) is 11.8. The number of carbonyl (C=O) groups excluding carboxylic acids is 1. The molecule has 2 N–H and O–H groups in total. The van der Waals surface area contributed by atoms with Gasteiger partial charge in [0.05, 0.1) is 6.04 Å². The molecule has 6 heteroatoms. The minimum Gasteiger partial charge on any atom is -0.481 e. The number of carboxylic acid groups (broad SMARTS) is 1. The van der Waals surface area contributed by atoms with Crippen LogP contribution in [0.25, 0.3) is 0 Å². The van der Waals surface area contributed by atoms with Crippen LogP contribution in [0.2, 0.25) is 0 Å². The zero-order chi connectivity index (χ0) is 21.6. The smallest absolute Gasteiger partial charge is 0.303 e. The molecule has 1 heterocycles. The number of amides is 1. The molecule has 1 fully saturated rings. The lowest BCUT2D eigenvalue weighted by Gasteiger charge is -2.30. The molecule has 1 aliphatic rings. The fourth-order valence-corrected chi connectivity index (χ4v) is 3.72. The molecular formula is C23H45N3O3. The highest BCUT2D eigenvalue weighted by Crippen LogP contribution is 2.12. The van der Waals surface area contributed by atoms with E-state index in [0.717, 1.165) is 45.4 Å². The Kier molecular flexibility index (Phi) is 13.2. The average Bonchev–Trinajstić information content (AvgIpc) is 2.67. The Labute approximate surface area is 178 Å². The van der Waals surface area contributed by atoms with Gasteiger partial charge < -0.3 is 20.2 Å². The lowest BCUT2D eigenvalue weighted by molar-refractivity contribution is -0.138. The molecule has 1 atom stereocenters. The molecule has 170 valence electrons. The lowest BCUT2D eigenvalue weighted by atomic mass is 10.1. The number of aliphatic carboxylic acids is 1. The summed E-state index contributed by atoms with van der Waals surface area (Å²) < 4.78 is 0. The summed E-state index contributed by atoms with van der Waals surface area (Å²) in [5.41, 5.74) is 0. The number of rotatable bonds is 15. The molecule has 29 heavy (non-hydrogen) atoms. The second-order valence-electron chi connectivity index (χ2n) is 9.39. The summed E-state index contributed by atoms with van der Waals surface area (Å²) in [6.45, 7) is 14.4. The van der Waals surface area contributed by atoms with E-state index < -0.39 is 12.0 Å². The van der Waals surface area contributed by atoms with Gasteiger partial charge in [-0.15, -0.1) is 0 Å². The Bertz CT molecular complexity index is 450. The monoisotopic (exact) mass is 411 g/mol. The summed E-state index contributed by atoms with van der Waals surface area (Å²) in [4.78, 5) is 28.8. The van der Waals surface area contributed by atoms with Crippen molar-refractivity contribution in [2.75, 3.05) is 39.3 Å². The maximum absolute atomic E-state index is 13.2. The summed E-state index contributed by atoms with van der Waals surface area (Å²) in [5, 5.41) is 12.5. The van der Waals surface area contributed by atoms with Crippen LogP contribution >= 0.6 is 0 Å². The fourth-order valence-electron chi connectivity index (χ4n) is 3.72. The molecule has 0 spiro atoms. The van der Waals surface area contributed by atoms with Gasteiger partial charge in [0.2, 0.25) is 5.91 Å². The van der Waals surface area contributed by atoms with Crippen LogP contribution in [-0.4, -0.2) is 72.1 Å². The number of nitrogens with zero attached hydrogens (tertiary/aromatic N) is 2. The zero-order valence-corrected chi connectivity index (χ0v) is 19.3. The van der Waals surface area contributed by atoms with Crippen molar-refractivity contribution in [3.8, 4) is 0 Å². The van der Waals surface area contributed by atoms with Crippen LogP contribution in [0, 0.1) is 11.8 Å². The molecule has 0 aliphatic carbocycles. The second kappa shape index (κ2) is 14.8. The number of nitrogens with one attached hydrogen (secondary N) is 1. The molecule has 0 aromatic heterocycles. The Morgan fingerprint density at radius 2 is 1.55 bits per heavy atom. The minimum absolute atomic E-state index is 0.0255. The maximum Gasteiger partial charge on any atom is 0.303 e. The number of piperidine rings is 1. The van der Waals surface area contributed by atoms with Gasteiger partial charge in [-0.1, -0.05) is 34.1 Å². The van der Waals surface area contributed by atoms with Crippen molar-refractivity contribution in [3.63, 3.8) is 0 Å². The molecule has 0 aromatic carbocycles. The molecule has 0 radical (unpaired) electrons. The first kappa shape index (κ1) is 25.9. The molecule has 0 aromatic rings. The molecule has 0 saturated carbocycles. The van der Waals surface area contributed by atoms with Gasteiger partial charge in [0.1, 0.15) is 0 Å². The number of likely N-dealkylation sites (tertiary alicyclic amines) is 1. The van der Waals surface area contributed by atoms with E-state index in [0.29, 0.717) is 18.3 Å². The highest BCUT2D eigenvalue weighted by atomic mass is 16.4. The summed E-state index contributed by atoms with van der Waals surface area (Å²) in [6.07, 6.45) is 7.24. The normalized spacial score (nSPS) is 16.3. The molecule has 1 rings (SSSR count). The van der Waals surface area contributed by atoms with Gasteiger partial charge >= 0.3 is 5.97 Å². The quantitative estimate of drug-likeness (QED) is 0.403. The van der Waals surface area contributed by atoms with E-state index in [-0.39, 0.29) is 12.3 Å². The van der Waals surface area contributed by atoms with Crippen LogP contribution in [0.1, 0.15) is 79.1 Å². The van der Waals surface area contributed by atoms with Crippen LogP contribution in [0.3, 0.4) is 0 Å². The standard InChI is InChI=1S/C23H45N3O3/c1-19(2)11-17-26(18-12-20(3)4)23(29)21(9-10-22(27)28)24-13-8-16-25-14-6-5-7-15-25/h19-21,24H,5-18H2,1-4H3,(H,27,28). The van der Waals surface area contributed by atoms with Gasteiger partial charge in [-0.3, -0.25) is 9.59 Å². The summed E-state index contributed by atoms with van der Waals surface area (Å²) >= 11 is 0. The average molecular weight is 412 g/mol. The number of carbonyl (C=O) groups is 2. The number of hydrogen-bond acceptors (Lipinski definition) is 4. The van der Waals surface area contributed by atoms with Gasteiger partial charge in [0.15, 0.2) is 0 Å². The molecule has 1 unspecified atom stereocenters. The molecule has 1 amide bonds. The third-order valence-electron chi connectivity index (χ3n) is 5.70. The van der Waals surface area contributed by atoms with Crippen molar-refractivity contribution in [1.29, 1.82) is 0 Å². The van der Waals surface area contributed by atoms with E-state index in [1.807, 2.05) is 4.90 Å². The van der Waals surface area contributed by atoms with E-state index in [9.17, 15) is 9.59 Å². The van der Waals surface area contributed by atoms with Gasteiger partial charge in [0.25, 0.3) is 0 Å². The van der Waals surface area contributed by atoms with Gasteiger partial charge in [0, 0.05) is 19.5 Å². The summed E-state index contributed by atoms with van der Waals surface area (Å²) in [5.74, 6) is 0.318. The highest BCUT2D eigenvalue weighted by Gasteiger charge is 2.25. The molecular weight excluding hydrogens is 366 g/mol. The Morgan fingerprint density at radius 3 is 2.07 bits per heavy atom. The van der Waals surface area contributed by atoms with E-state index in [4.69, 9.17) is 5.11 Å². The van der Waals surface area contributed by atoms with Crippen molar-refractivity contribution in [3.05, 3.63) is 0 Å². The van der Waals surface area contributed by atoms with Crippen molar-refractivity contribution < 1.29 is 14.7 Å². The minimum atomic E-state index is -0.839. The first-order valence-electron chi connectivity index (χ1n) is 11.8. The Morgan fingerprint density at radius 1 is 0.966 bits per heavy atom. The third kappa shape index (κ3) is 12.2. The van der Waals surface area contributed by atoms with Crippen LogP contribution < -0.4 is 5.32 Å². The zero-order valence-electron chi connectivity index (χ0n) is 19.3. The van der Waals surface area contributed by atoms with Crippen molar-refractivity contribution >= 4 is 11.9 Å². The maximum atomic E-state index is 13.2. The van der Waals surface area contributed by atoms with E-state index in [1.165, 1.54) is 32.4 Å². The predicted octanol–water partition coefficient (Wildman–Crippen LogP) is 3.61. The molecule has 6 nitrogen and oxygen atoms in total. The second-order valence-corrected chi connectivity index (χ2v) is 9.39. The Balaban J connectivity index is 2.60. The number of carboxylic acids is 1. The van der Waals surface area contributed by atoms with Crippen molar-refractivity contribution in [1.82, 2.24) is 15.1 Å². The summed E-state index contributed by atoms with van der Waals surface area (Å²) in [6, 6.07) is -0.396. The van der Waals surface area contributed by atoms with Crippen molar-refractivity contribution in [2.45, 2.75) is 85.1 Å². The third-order valence-corrected chi connectivity index (χ3v) is 5.70. The number of hydrogen-bond donors (Lipinski definition) is 2. The predicted molar refractivity (Wildman–Crippen MR) is 119 cm³/mol. The SMILES string of the molecule is CC(C)CCN(CCC(C)C)C(=O)C(CCC(=O)O)NCCCN1CCCCC1. The first-order chi connectivity index (χ1) is 13.8. The van der Waals surface area contributed by atoms with E-state index in [1.54, 1.807) is 0 Å². The van der Waals surface area contributed by atoms with Crippen LogP contribution in [0.4, 0.5) is 0 Å². The highest BCUT2D eigenvalue weighted by molar-refractivity contribution is 5.82. The van der Waals surface area contributed by atoms with E-state index >= 15 is 0 Å².